The first kappa shape index (κ1) is 26.8. The molecule has 2 heterocycles. The molecule has 2 unspecified atom stereocenters. The Kier molecular flexibility index (Phi) is 11.8. The largest absolute Gasteiger partial charge is 0.291 e. The topological polar surface area (TPSA) is 59.9 Å². The molecule has 2 aromatic rings. The number of carbonyl (C=O) groups is 2. The Balaban J connectivity index is 0.000000300. The molecule has 0 saturated carbocycles. The Morgan fingerprint density at radius 2 is 1.23 bits per heavy atom. The number of alkyl halides is 2. The zero-order chi connectivity index (χ0) is 22.8. The van der Waals surface area contributed by atoms with E-state index in [1.54, 1.807) is 30.1 Å². The highest BCUT2D eigenvalue weighted by Crippen LogP contribution is 2.27. The molecule has 2 rings (SSSR count). The number of carbonyl (C=O) groups excluding carboxylic acids is 2. The van der Waals surface area contributed by atoms with Crippen LogP contribution in [0.15, 0.2) is 46.5 Å². The molecule has 30 heavy (non-hydrogen) atoms. The van der Waals surface area contributed by atoms with Gasteiger partial charge in [0.25, 0.3) is 0 Å². The van der Waals surface area contributed by atoms with Crippen LogP contribution in [-0.2, 0) is 0 Å². The van der Waals surface area contributed by atoms with Crippen molar-refractivity contribution >= 4 is 51.0 Å². The summed E-state index contributed by atoms with van der Waals surface area (Å²) in [6.45, 7) is 11.3. The van der Waals surface area contributed by atoms with Crippen molar-refractivity contribution in [3.8, 4) is 0 Å². The molecule has 0 aromatic carbocycles. The van der Waals surface area contributed by atoms with Gasteiger partial charge in [0.05, 0.1) is 4.83 Å². The van der Waals surface area contributed by atoms with Gasteiger partial charge in [0.1, 0.15) is 11.4 Å². The van der Waals surface area contributed by atoms with E-state index in [0.29, 0.717) is 16.2 Å². The number of thioether (sulfide) groups is 2. The molecular formula is C22H28BrFN2O2S2. The highest BCUT2D eigenvalue weighted by molar-refractivity contribution is 9.10. The Hall–Kier alpha value is -1.25. The monoisotopic (exact) mass is 514 g/mol. The third kappa shape index (κ3) is 8.86. The average Bonchev–Trinajstić information content (AvgIpc) is 2.67. The van der Waals surface area contributed by atoms with Crippen molar-refractivity contribution in [1.82, 2.24) is 9.97 Å². The molecule has 164 valence electrons. The van der Waals surface area contributed by atoms with E-state index in [1.165, 1.54) is 24.9 Å². The lowest BCUT2D eigenvalue weighted by Crippen LogP contribution is -2.14. The Labute approximate surface area is 195 Å². The molecule has 0 N–H and O–H groups in total. The minimum absolute atomic E-state index is 0.0405. The highest BCUT2D eigenvalue weighted by atomic mass is 79.9. The number of Topliss-reactive ketones (excluding diaryl/α,β-unsaturated/α-hetero) is 2. The van der Waals surface area contributed by atoms with Crippen LogP contribution in [-0.4, -0.2) is 43.0 Å². The summed E-state index contributed by atoms with van der Waals surface area (Å²) in [7, 11) is 0. The van der Waals surface area contributed by atoms with Crippen LogP contribution >= 0.6 is 39.5 Å². The van der Waals surface area contributed by atoms with Crippen LogP contribution in [0.25, 0.3) is 0 Å². The predicted octanol–water partition coefficient (Wildman–Crippen LogP) is 6.67. The van der Waals surface area contributed by atoms with E-state index in [-0.39, 0.29) is 16.3 Å². The summed E-state index contributed by atoms with van der Waals surface area (Å²) in [5.41, 5.74) is 0.812. The summed E-state index contributed by atoms with van der Waals surface area (Å²) in [6, 6.07) is 7.36. The van der Waals surface area contributed by atoms with Gasteiger partial charge in [-0.2, -0.15) is 0 Å². The minimum atomic E-state index is -1.49. The molecule has 4 nitrogen and oxygen atoms in total. The summed E-state index contributed by atoms with van der Waals surface area (Å²) in [5.74, 6) is -0.502. The van der Waals surface area contributed by atoms with Crippen LogP contribution < -0.4 is 0 Å². The lowest BCUT2D eigenvalue weighted by molar-refractivity contribution is 0.0884. The molecule has 2 aromatic heterocycles. The minimum Gasteiger partial charge on any atom is -0.291 e. The number of hydrogen-bond acceptors (Lipinski definition) is 6. The molecule has 0 aliphatic carbocycles. The molecule has 0 saturated heterocycles. The van der Waals surface area contributed by atoms with Gasteiger partial charge in [0, 0.05) is 32.7 Å². The van der Waals surface area contributed by atoms with Gasteiger partial charge in [-0.15, -0.1) is 23.5 Å². The maximum Gasteiger partial charge on any atom is 0.216 e. The fourth-order valence-corrected chi connectivity index (χ4v) is 4.30. The molecule has 0 aliphatic rings. The lowest BCUT2D eigenvalue weighted by Gasteiger charge is -2.10. The normalized spacial score (nSPS) is 12.9. The van der Waals surface area contributed by atoms with Crippen LogP contribution in [0.5, 0.6) is 0 Å². The molecule has 0 fully saturated rings. The van der Waals surface area contributed by atoms with E-state index in [1.807, 2.05) is 32.9 Å². The first-order valence-electron chi connectivity index (χ1n) is 9.64. The summed E-state index contributed by atoms with van der Waals surface area (Å²) in [5, 5.41) is 0.794. The fourth-order valence-electron chi connectivity index (χ4n) is 2.23. The van der Waals surface area contributed by atoms with E-state index in [9.17, 15) is 14.0 Å². The Morgan fingerprint density at radius 1 is 0.833 bits per heavy atom. The molecule has 8 heteroatoms. The second-order valence-electron chi connectivity index (χ2n) is 6.99. The Morgan fingerprint density at radius 3 is 1.57 bits per heavy atom. The van der Waals surface area contributed by atoms with Gasteiger partial charge >= 0.3 is 0 Å². The summed E-state index contributed by atoms with van der Waals surface area (Å²) < 4.78 is 12.9. The van der Waals surface area contributed by atoms with Gasteiger partial charge in [-0.25, -0.2) is 4.39 Å². The second kappa shape index (κ2) is 13.2. The van der Waals surface area contributed by atoms with E-state index in [4.69, 9.17) is 0 Å². The zero-order valence-electron chi connectivity index (χ0n) is 18.1. The maximum atomic E-state index is 12.9. The smallest absolute Gasteiger partial charge is 0.216 e. The molecule has 0 amide bonds. The first-order chi connectivity index (χ1) is 14.0. The van der Waals surface area contributed by atoms with E-state index in [2.05, 4.69) is 39.7 Å². The molecule has 0 aliphatic heterocycles. The van der Waals surface area contributed by atoms with Crippen LogP contribution in [0, 0.1) is 0 Å². The van der Waals surface area contributed by atoms with Crippen molar-refractivity contribution in [1.29, 1.82) is 0 Å². The van der Waals surface area contributed by atoms with Crippen LogP contribution in [0.2, 0.25) is 0 Å². The van der Waals surface area contributed by atoms with Gasteiger partial charge < -0.3 is 0 Å². The summed E-state index contributed by atoms with van der Waals surface area (Å²) in [6.07, 6.45) is 1.68. The van der Waals surface area contributed by atoms with Crippen molar-refractivity contribution < 1.29 is 14.0 Å². The molecular weight excluding hydrogens is 487 g/mol. The van der Waals surface area contributed by atoms with Gasteiger partial charge in [-0.05, 0) is 38.1 Å². The van der Waals surface area contributed by atoms with Gasteiger partial charge in [0.15, 0.2) is 12.0 Å². The standard InChI is InChI=1S/C11H14BrNOS.C11H14FNOS/c2*1-7(2)15-9-5-4-6-13-10(9)11(14)8(3)12/h2*4-8H,1-3H3. The fraction of sp³-hybridized carbons (Fsp3) is 0.455. The maximum absolute atomic E-state index is 12.9. The number of hydrogen-bond donors (Lipinski definition) is 0. The van der Waals surface area contributed by atoms with E-state index in [0.717, 1.165) is 9.79 Å². The number of ketones is 2. The van der Waals surface area contributed by atoms with Crippen molar-refractivity contribution in [3.05, 3.63) is 48.0 Å². The summed E-state index contributed by atoms with van der Waals surface area (Å²) >= 11 is 6.47. The third-order valence-corrected chi connectivity index (χ3v) is 5.98. The molecule has 0 radical (unpaired) electrons. The van der Waals surface area contributed by atoms with Crippen LogP contribution in [0.3, 0.4) is 0 Å². The molecule has 0 bridgehead atoms. The predicted molar refractivity (Wildman–Crippen MR) is 128 cm³/mol. The Bertz CT molecular complexity index is 776. The third-order valence-electron chi connectivity index (χ3n) is 3.46. The number of aromatic nitrogens is 2. The van der Waals surface area contributed by atoms with Gasteiger partial charge in [0.2, 0.25) is 5.78 Å². The van der Waals surface area contributed by atoms with Gasteiger partial charge in [-0.1, -0.05) is 43.6 Å². The summed E-state index contributed by atoms with van der Waals surface area (Å²) in [4.78, 5) is 32.9. The second-order valence-corrected chi connectivity index (χ2v) is 11.6. The zero-order valence-corrected chi connectivity index (χ0v) is 21.3. The van der Waals surface area contributed by atoms with Crippen molar-refractivity contribution in [2.24, 2.45) is 0 Å². The van der Waals surface area contributed by atoms with Crippen molar-refractivity contribution in [2.75, 3.05) is 0 Å². The number of nitrogens with zero attached hydrogens (tertiary/aromatic N) is 2. The van der Waals surface area contributed by atoms with Gasteiger partial charge in [-0.3, -0.25) is 19.6 Å². The number of pyridine rings is 2. The lowest BCUT2D eigenvalue weighted by atomic mass is 10.2. The number of halogens is 2. The van der Waals surface area contributed by atoms with E-state index < -0.39 is 12.0 Å². The SMILES string of the molecule is CC(C)Sc1cccnc1C(=O)C(C)Br.CC(C)Sc1cccnc1C(=O)C(C)F. The van der Waals surface area contributed by atoms with E-state index >= 15 is 0 Å². The van der Waals surface area contributed by atoms with Crippen molar-refractivity contribution in [3.63, 3.8) is 0 Å². The van der Waals surface area contributed by atoms with Crippen LogP contribution in [0.1, 0.15) is 62.5 Å². The quantitative estimate of drug-likeness (QED) is 0.222. The van der Waals surface area contributed by atoms with Crippen LogP contribution in [0.4, 0.5) is 4.39 Å². The highest BCUT2D eigenvalue weighted by Gasteiger charge is 2.20. The first-order valence-corrected chi connectivity index (χ1v) is 12.3. The molecule has 2 atom stereocenters. The molecule has 0 spiro atoms. The van der Waals surface area contributed by atoms with Crippen molar-refractivity contribution in [2.45, 2.75) is 72.8 Å². The average molecular weight is 516 g/mol. The number of rotatable bonds is 8.